The maximum Gasteiger partial charge on any atom is 0.308 e. The van der Waals surface area contributed by atoms with Crippen LogP contribution in [-0.4, -0.2) is 60.2 Å². The highest BCUT2D eigenvalue weighted by Gasteiger charge is 2.31. The first-order valence-corrected chi connectivity index (χ1v) is 9.07. The summed E-state index contributed by atoms with van der Waals surface area (Å²) in [6.07, 6.45) is -0.505. The molecule has 2 N–H and O–H groups in total. The molecule has 2 atom stereocenters. The van der Waals surface area contributed by atoms with Gasteiger partial charge >= 0.3 is 5.97 Å². The van der Waals surface area contributed by atoms with Crippen LogP contribution < -0.4 is 10.1 Å². The second-order valence-electron chi connectivity index (χ2n) is 6.43. The van der Waals surface area contributed by atoms with E-state index >= 15 is 0 Å². The van der Waals surface area contributed by atoms with Crippen LogP contribution in [0.3, 0.4) is 0 Å². The maximum absolute atomic E-state index is 12.7. The summed E-state index contributed by atoms with van der Waals surface area (Å²) in [5.74, 6) is -1.88. The molecule has 8 heteroatoms. The fourth-order valence-corrected chi connectivity index (χ4v) is 2.74. The Morgan fingerprint density at radius 3 is 2.81 bits per heavy atom. The van der Waals surface area contributed by atoms with E-state index in [1.165, 1.54) is 4.90 Å². The van der Waals surface area contributed by atoms with E-state index in [-0.39, 0.29) is 24.8 Å². The normalized spacial score (nSPS) is 16.7. The van der Waals surface area contributed by atoms with Gasteiger partial charge in [0.25, 0.3) is 5.91 Å². The van der Waals surface area contributed by atoms with Crippen molar-refractivity contribution in [2.45, 2.75) is 32.8 Å². The third kappa shape index (κ3) is 5.96. The molecule has 1 aliphatic heterocycles. The summed E-state index contributed by atoms with van der Waals surface area (Å²) in [5.41, 5.74) is 0.569. The molecule has 1 aromatic rings. The van der Waals surface area contributed by atoms with Gasteiger partial charge in [-0.1, -0.05) is 19.1 Å². The number of ether oxygens (including phenoxy) is 2. The molecule has 0 saturated heterocycles. The molecule has 0 spiro atoms. The Morgan fingerprint density at radius 2 is 2.11 bits per heavy atom. The Morgan fingerprint density at radius 1 is 1.37 bits per heavy atom. The number of benzene rings is 1. The number of anilines is 1. The fourth-order valence-electron chi connectivity index (χ4n) is 2.74. The lowest BCUT2D eigenvalue weighted by Gasteiger charge is -2.29. The van der Waals surface area contributed by atoms with Crippen LogP contribution in [0.1, 0.15) is 26.7 Å². The van der Waals surface area contributed by atoms with Crippen molar-refractivity contribution in [2.75, 3.05) is 31.6 Å². The van der Waals surface area contributed by atoms with Crippen molar-refractivity contribution >= 4 is 23.5 Å². The van der Waals surface area contributed by atoms with E-state index in [0.29, 0.717) is 37.6 Å². The lowest BCUT2D eigenvalue weighted by atomic mass is 10.1. The molecular formula is C19H26N2O6. The first-order valence-electron chi connectivity index (χ1n) is 9.07. The van der Waals surface area contributed by atoms with Gasteiger partial charge in [0, 0.05) is 26.3 Å². The van der Waals surface area contributed by atoms with E-state index in [0.717, 1.165) is 0 Å². The summed E-state index contributed by atoms with van der Waals surface area (Å²) in [5, 5.41) is 11.9. The van der Waals surface area contributed by atoms with Gasteiger partial charge in [-0.15, -0.1) is 0 Å². The Kier molecular flexibility index (Phi) is 7.60. The Hall–Kier alpha value is -2.61. The van der Waals surface area contributed by atoms with Gasteiger partial charge in [0.15, 0.2) is 6.10 Å². The zero-order valence-corrected chi connectivity index (χ0v) is 15.6. The predicted molar refractivity (Wildman–Crippen MR) is 98.6 cm³/mol. The lowest BCUT2D eigenvalue weighted by Crippen LogP contribution is -2.44. The number of nitrogens with zero attached hydrogens (tertiary/aromatic N) is 1. The summed E-state index contributed by atoms with van der Waals surface area (Å²) >= 11 is 0. The second-order valence-corrected chi connectivity index (χ2v) is 6.43. The van der Waals surface area contributed by atoms with Crippen LogP contribution >= 0.6 is 0 Å². The molecule has 0 saturated carbocycles. The molecule has 0 fully saturated rings. The van der Waals surface area contributed by atoms with Crippen LogP contribution in [0.25, 0.3) is 0 Å². The average molecular weight is 378 g/mol. The molecule has 2 rings (SSSR count). The molecule has 148 valence electrons. The van der Waals surface area contributed by atoms with Crippen LogP contribution in [0.15, 0.2) is 24.3 Å². The van der Waals surface area contributed by atoms with E-state index in [4.69, 9.17) is 14.6 Å². The van der Waals surface area contributed by atoms with Gasteiger partial charge in [0.05, 0.1) is 18.0 Å². The van der Waals surface area contributed by atoms with Crippen molar-refractivity contribution in [1.82, 2.24) is 4.90 Å². The van der Waals surface area contributed by atoms with Crippen molar-refractivity contribution in [3.63, 3.8) is 0 Å². The Balaban J connectivity index is 2.00. The van der Waals surface area contributed by atoms with E-state index in [1.807, 2.05) is 6.92 Å². The monoisotopic (exact) mass is 378 g/mol. The molecular weight excluding hydrogens is 352 g/mol. The number of carboxylic acids is 1. The van der Waals surface area contributed by atoms with Crippen molar-refractivity contribution in [2.24, 2.45) is 5.92 Å². The number of nitrogens with one attached hydrogen (secondary N) is 1. The Bertz CT molecular complexity index is 678. The molecule has 27 heavy (non-hydrogen) atoms. The number of para-hydroxylation sites is 2. The molecule has 1 aromatic carbocycles. The molecule has 1 aliphatic rings. The fraction of sp³-hybridized carbons (Fsp3) is 0.526. The number of hydrogen-bond acceptors (Lipinski definition) is 5. The predicted octanol–water partition coefficient (Wildman–Crippen LogP) is 1.75. The summed E-state index contributed by atoms with van der Waals surface area (Å²) in [6, 6.07) is 7.00. The van der Waals surface area contributed by atoms with Gasteiger partial charge in [-0.3, -0.25) is 14.4 Å². The number of hydrogen-bond donors (Lipinski definition) is 2. The molecule has 0 bridgehead atoms. The first kappa shape index (κ1) is 20.7. The van der Waals surface area contributed by atoms with Gasteiger partial charge in [0.1, 0.15) is 5.75 Å². The summed E-state index contributed by atoms with van der Waals surface area (Å²) in [4.78, 5) is 37.6. The first-order chi connectivity index (χ1) is 12.9. The summed E-state index contributed by atoms with van der Waals surface area (Å²) < 4.78 is 10.9. The molecule has 0 radical (unpaired) electrons. The average Bonchev–Trinajstić information content (AvgIpc) is 2.64. The van der Waals surface area contributed by atoms with E-state index < -0.39 is 18.0 Å². The quantitative estimate of drug-likeness (QED) is 0.601. The van der Waals surface area contributed by atoms with Crippen LogP contribution in [0.5, 0.6) is 5.75 Å². The van der Waals surface area contributed by atoms with Crippen molar-refractivity contribution < 1.29 is 29.0 Å². The second kappa shape index (κ2) is 9.91. The van der Waals surface area contributed by atoms with Crippen molar-refractivity contribution in [3.8, 4) is 5.75 Å². The third-order valence-electron chi connectivity index (χ3n) is 4.26. The lowest BCUT2D eigenvalue weighted by molar-refractivity contribution is -0.144. The molecule has 2 unspecified atom stereocenters. The highest BCUT2D eigenvalue weighted by molar-refractivity contribution is 6.00. The van der Waals surface area contributed by atoms with Crippen molar-refractivity contribution in [1.29, 1.82) is 0 Å². The zero-order valence-electron chi connectivity index (χ0n) is 15.6. The molecule has 0 aliphatic carbocycles. The zero-order chi connectivity index (χ0) is 19.8. The minimum Gasteiger partial charge on any atom is -0.481 e. The number of carbonyl (C=O) groups is 3. The standard InChI is InChI=1S/C19H26N2O6/c1-3-26-10-6-9-21(12-13(2)19(24)25)17(22)11-16-18(23)20-14-7-4-5-8-15(14)27-16/h4-5,7-8,13,16H,3,6,9-12H2,1-2H3,(H,20,23)(H,24,25). The maximum atomic E-state index is 12.7. The SMILES string of the molecule is CCOCCCN(CC(C)C(=O)O)C(=O)CC1Oc2ccccc2NC1=O. The number of rotatable bonds is 10. The smallest absolute Gasteiger partial charge is 0.308 e. The van der Waals surface area contributed by atoms with E-state index in [1.54, 1.807) is 31.2 Å². The summed E-state index contributed by atoms with van der Waals surface area (Å²) in [6.45, 7) is 4.93. The molecule has 0 aromatic heterocycles. The Labute approximate surface area is 158 Å². The van der Waals surface area contributed by atoms with Gasteiger partial charge in [-0.25, -0.2) is 0 Å². The van der Waals surface area contributed by atoms with Gasteiger partial charge in [-0.05, 0) is 25.5 Å². The van der Waals surface area contributed by atoms with Crippen molar-refractivity contribution in [3.05, 3.63) is 24.3 Å². The van der Waals surface area contributed by atoms with Gasteiger partial charge in [-0.2, -0.15) is 0 Å². The van der Waals surface area contributed by atoms with Gasteiger partial charge in [0.2, 0.25) is 5.91 Å². The number of fused-ring (bicyclic) bond motifs is 1. The number of aliphatic carboxylic acids is 1. The molecule has 2 amide bonds. The largest absolute Gasteiger partial charge is 0.481 e. The van der Waals surface area contributed by atoms with Crippen LogP contribution in [0.2, 0.25) is 0 Å². The number of amides is 2. The van der Waals surface area contributed by atoms with Crippen LogP contribution in [0, 0.1) is 5.92 Å². The number of carboxylic acid groups (broad SMARTS) is 1. The highest BCUT2D eigenvalue weighted by Crippen LogP contribution is 2.29. The van der Waals surface area contributed by atoms with E-state index in [9.17, 15) is 14.4 Å². The molecule has 1 heterocycles. The van der Waals surface area contributed by atoms with Gasteiger partial charge < -0.3 is 24.8 Å². The molecule has 8 nitrogen and oxygen atoms in total. The van der Waals surface area contributed by atoms with Crippen LogP contribution in [0.4, 0.5) is 5.69 Å². The summed E-state index contributed by atoms with van der Waals surface area (Å²) in [7, 11) is 0. The third-order valence-corrected chi connectivity index (χ3v) is 4.26. The minimum absolute atomic E-state index is 0.0746. The number of carbonyl (C=O) groups excluding carboxylic acids is 2. The van der Waals surface area contributed by atoms with E-state index in [2.05, 4.69) is 5.32 Å². The highest BCUT2D eigenvalue weighted by atomic mass is 16.5. The topological polar surface area (TPSA) is 105 Å². The van der Waals surface area contributed by atoms with Crippen LogP contribution in [-0.2, 0) is 19.1 Å². The minimum atomic E-state index is -0.974.